The zero-order valence-corrected chi connectivity index (χ0v) is 13.4. The Labute approximate surface area is 131 Å². The largest absolute Gasteiger partial charge is 0.496 e. The van der Waals surface area contributed by atoms with E-state index in [4.69, 9.17) is 4.74 Å². The van der Waals surface area contributed by atoms with Crippen LogP contribution in [0.25, 0.3) is 0 Å². The van der Waals surface area contributed by atoms with E-state index >= 15 is 0 Å². The molecule has 0 bridgehead atoms. The molecule has 0 unspecified atom stereocenters. The average Bonchev–Trinajstić information content (AvgIpc) is 2.37. The van der Waals surface area contributed by atoms with Crippen molar-refractivity contribution in [1.82, 2.24) is 0 Å². The summed E-state index contributed by atoms with van der Waals surface area (Å²) >= 11 is 6.19. The second-order valence-electron chi connectivity index (χ2n) is 3.92. The molecule has 0 fully saturated rings. The minimum Gasteiger partial charge on any atom is -0.496 e. The third-order valence-electron chi connectivity index (χ3n) is 2.65. The molecule has 0 spiro atoms. The van der Waals surface area contributed by atoms with Crippen LogP contribution in [0.1, 0.15) is 15.9 Å². The molecule has 0 aliphatic heterocycles. The molecule has 0 atom stereocenters. The van der Waals surface area contributed by atoms with Crippen LogP contribution in [-0.2, 0) is 0 Å². The van der Waals surface area contributed by atoms with E-state index < -0.39 is 23.0 Å². The van der Waals surface area contributed by atoms with E-state index in [0.717, 1.165) is 12.1 Å². The summed E-state index contributed by atoms with van der Waals surface area (Å²) in [7, 11) is 1.48. The van der Waals surface area contributed by atoms with Crippen LogP contribution >= 0.6 is 31.9 Å². The summed E-state index contributed by atoms with van der Waals surface area (Å²) in [5.41, 5.74) is -0.414. The molecule has 104 valence electrons. The van der Waals surface area contributed by atoms with Gasteiger partial charge in [0.2, 0.25) is 0 Å². The van der Waals surface area contributed by atoms with E-state index in [1.807, 2.05) is 0 Å². The molecule has 0 radical (unpaired) electrons. The van der Waals surface area contributed by atoms with Crippen molar-refractivity contribution in [2.75, 3.05) is 7.11 Å². The fourth-order valence-corrected chi connectivity index (χ4v) is 2.65. The molecular formula is C14H8Br2F2O2. The Bertz CT molecular complexity index is 664. The zero-order valence-electron chi connectivity index (χ0n) is 10.2. The van der Waals surface area contributed by atoms with Crippen molar-refractivity contribution < 1.29 is 18.3 Å². The van der Waals surface area contributed by atoms with Gasteiger partial charge in [0.25, 0.3) is 0 Å². The highest BCUT2D eigenvalue weighted by molar-refractivity contribution is 9.10. The van der Waals surface area contributed by atoms with Crippen molar-refractivity contribution in [2.24, 2.45) is 0 Å². The molecule has 2 rings (SSSR count). The first-order valence-electron chi connectivity index (χ1n) is 5.47. The van der Waals surface area contributed by atoms with E-state index in [1.54, 1.807) is 6.07 Å². The van der Waals surface area contributed by atoms with Crippen molar-refractivity contribution in [3.8, 4) is 5.75 Å². The molecule has 2 nitrogen and oxygen atoms in total. The quantitative estimate of drug-likeness (QED) is 0.690. The molecule has 0 amide bonds. The lowest BCUT2D eigenvalue weighted by Crippen LogP contribution is -2.08. The lowest BCUT2D eigenvalue weighted by atomic mass is 10.0. The summed E-state index contributed by atoms with van der Waals surface area (Å²) in [5.74, 6) is -2.02. The predicted octanol–water partition coefficient (Wildman–Crippen LogP) is 4.73. The van der Waals surface area contributed by atoms with Gasteiger partial charge in [-0.15, -0.1) is 0 Å². The molecular weight excluding hydrogens is 398 g/mol. The van der Waals surface area contributed by atoms with Gasteiger partial charge in [-0.25, -0.2) is 8.78 Å². The fourth-order valence-electron chi connectivity index (χ4n) is 1.71. The maximum absolute atomic E-state index is 13.8. The summed E-state index contributed by atoms with van der Waals surface area (Å²) in [4.78, 5) is 12.2. The Morgan fingerprint density at radius 2 is 1.70 bits per heavy atom. The number of halogens is 4. The molecule has 0 aliphatic carbocycles. The van der Waals surface area contributed by atoms with Crippen molar-refractivity contribution >= 4 is 37.6 Å². The van der Waals surface area contributed by atoms with Crippen LogP contribution in [0, 0.1) is 11.6 Å². The summed E-state index contributed by atoms with van der Waals surface area (Å²) in [6, 6.07) is 6.56. The van der Waals surface area contributed by atoms with Gasteiger partial charge in [0, 0.05) is 10.0 Å². The molecule has 2 aromatic rings. The molecule has 0 saturated carbocycles. The van der Waals surface area contributed by atoms with Gasteiger partial charge in [0.05, 0.1) is 17.1 Å². The summed E-state index contributed by atoms with van der Waals surface area (Å²) in [6.45, 7) is 0. The van der Waals surface area contributed by atoms with Crippen molar-refractivity contribution in [3.63, 3.8) is 0 Å². The predicted molar refractivity (Wildman–Crippen MR) is 78.2 cm³/mol. The normalized spacial score (nSPS) is 10.4. The molecule has 20 heavy (non-hydrogen) atoms. The number of carbonyl (C=O) groups is 1. The number of carbonyl (C=O) groups excluding carboxylic acids is 1. The Kier molecular flexibility index (Phi) is 4.55. The Hall–Kier alpha value is -1.27. The lowest BCUT2D eigenvalue weighted by molar-refractivity contribution is 0.103. The fraction of sp³-hybridized carbons (Fsp3) is 0.0714. The minimum atomic E-state index is -0.909. The maximum atomic E-state index is 13.8. The number of hydrogen-bond donors (Lipinski definition) is 0. The Morgan fingerprint density at radius 1 is 1.10 bits per heavy atom. The van der Waals surface area contributed by atoms with Crippen molar-refractivity contribution in [2.45, 2.75) is 0 Å². The number of ether oxygens (including phenoxy) is 1. The van der Waals surface area contributed by atoms with E-state index in [0.29, 0.717) is 10.2 Å². The van der Waals surface area contributed by atoms with E-state index in [-0.39, 0.29) is 10.0 Å². The van der Waals surface area contributed by atoms with Crippen LogP contribution < -0.4 is 4.74 Å². The van der Waals surface area contributed by atoms with Crippen molar-refractivity contribution in [3.05, 3.63) is 62.0 Å². The van der Waals surface area contributed by atoms with Crippen LogP contribution in [0.15, 0.2) is 39.3 Å². The minimum absolute atomic E-state index is 0.165. The second kappa shape index (κ2) is 6.01. The number of benzene rings is 2. The van der Waals surface area contributed by atoms with E-state index in [9.17, 15) is 13.6 Å². The summed E-state index contributed by atoms with van der Waals surface area (Å²) in [5, 5.41) is 0. The molecule has 0 heterocycles. The Morgan fingerprint density at radius 3 is 2.20 bits per heavy atom. The highest BCUT2D eigenvalue weighted by Crippen LogP contribution is 2.28. The van der Waals surface area contributed by atoms with Gasteiger partial charge in [-0.05, 0) is 46.3 Å². The second-order valence-corrected chi connectivity index (χ2v) is 5.69. The number of ketones is 1. The summed E-state index contributed by atoms with van der Waals surface area (Å²) in [6.07, 6.45) is 0. The third-order valence-corrected chi connectivity index (χ3v) is 3.73. The van der Waals surface area contributed by atoms with Gasteiger partial charge in [-0.1, -0.05) is 15.9 Å². The van der Waals surface area contributed by atoms with Gasteiger partial charge in [-0.3, -0.25) is 4.79 Å². The third kappa shape index (κ3) is 2.91. The Balaban J connectivity index is 2.49. The van der Waals surface area contributed by atoms with Crippen molar-refractivity contribution in [1.29, 1.82) is 0 Å². The SMILES string of the molecule is COc1ccc(C(=O)c2c(F)cc(Br)cc2F)cc1Br. The van der Waals surface area contributed by atoms with Crippen LogP contribution in [0.2, 0.25) is 0 Å². The number of methoxy groups -OCH3 is 1. The standard InChI is InChI=1S/C14H8Br2F2O2/c1-20-12-3-2-7(4-9(12)16)14(19)13-10(17)5-8(15)6-11(13)18/h2-6H,1H3. The van der Waals surface area contributed by atoms with Gasteiger partial charge in [0.15, 0.2) is 5.78 Å². The highest BCUT2D eigenvalue weighted by atomic mass is 79.9. The van der Waals surface area contributed by atoms with Gasteiger partial charge >= 0.3 is 0 Å². The molecule has 6 heteroatoms. The monoisotopic (exact) mass is 404 g/mol. The molecule has 0 N–H and O–H groups in total. The molecule has 0 saturated heterocycles. The van der Waals surface area contributed by atoms with Gasteiger partial charge in [0.1, 0.15) is 17.4 Å². The van der Waals surface area contributed by atoms with E-state index in [2.05, 4.69) is 31.9 Å². The zero-order chi connectivity index (χ0) is 14.9. The smallest absolute Gasteiger partial charge is 0.198 e. The van der Waals surface area contributed by atoms with Crippen LogP contribution in [0.5, 0.6) is 5.75 Å². The first-order chi connectivity index (χ1) is 9.43. The highest BCUT2D eigenvalue weighted by Gasteiger charge is 2.20. The first kappa shape index (κ1) is 15.1. The number of rotatable bonds is 3. The van der Waals surface area contributed by atoms with Crippen LogP contribution in [-0.4, -0.2) is 12.9 Å². The lowest BCUT2D eigenvalue weighted by Gasteiger charge is -2.08. The molecule has 0 aliphatic rings. The van der Waals surface area contributed by atoms with Crippen LogP contribution in [0.3, 0.4) is 0 Å². The molecule has 2 aromatic carbocycles. The maximum Gasteiger partial charge on any atom is 0.198 e. The number of hydrogen-bond acceptors (Lipinski definition) is 2. The topological polar surface area (TPSA) is 26.3 Å². The van der Waals surface area contributed by atoms with E-state index in [1.165, 1.54) is 19.2 Å². The van der Waals surface area contributed by atoms with Crippen LogP contribution in [0.4, 0.5) is 8.78 Å². The average molecular weight is 406 g/mol. The van der Waals surface area contributed by atoms with Gasteiger partial charge in [-0.2, -0.15) is 0 Å². The first-order valence-corrected chi connectivity index (χ1v) is 7.05. The molecule has 0 aromatic heterocycles. The summed E-state index contributed by atoms with van der Waals surface area (Å²) < 4.78 is 33.3. The van der Waals surface area contributed by atoms with Gasteiger partial charge < -0.3 is 4.74 Å².